The van der Waals surface area contributed by atoms with Gasteiger partial charge in [-0.25, -0.2) is 4.79 Å². The Hall–Kier alpha value is -1.47. The molecule has 4 nitrogen and oxygen atoms in total. The number of esters is 1. The minimum Gasteiger partial charge on any atom is -0.465 e. The maximum atomic E-state index is 11.6. The average Bonchev–Trinajstić information content (AvgIpc) is 2.64. The minimum atomic E-state index is -0.380. The molecule has 2 N–H and O–H groups in total. The monoisotopic (exact) mass is 442 g/mol. The summed E-state index contributed by atoms with van der Waals surface area (Å²) < 4.78 is 4.74. The zero-order valence-electron chi connectivity index (χ0n) is 15.0. The zero-order valence-corrected chi connectivity index (χ0v) is 18.1. The number of ether oxygens (including phenoxy) is 1. The SMILES string of the molecule is COC(=O)c1ccc(C)c(NC(=S)NCCSCc2ccc(Cl)cc2Cl)c1. The van der Waals surface area contributed by atoms with Gasteiger partial charge in [-0.1, -0.05) is 35.3 Å². The van der Waals surface area contributed by atoms with E-state index in [1.807, 2.05) is 25.1 Å². The van der Waals surface area contributed by atoms with E-state index < -0.39 is 0 Å². The fourth-order valence-corrected chi connectivity index (χ4v) is 3.85. The maximum absolute atomic E-state index is 11.6. The normalized spacial score (nSPS) is 10.4. The Labute approximate surface area is 179 Å². The molecule has 2 aromatic carbocycles. The van der Waals surface area contributed by atoms with E-state index in [0.717, 1.165) is 28.3 Å². The molecule has 0 amide bonds. The summed E-state index contributed by atoms with van der Waals surface area (Å²) in [5.41, 5.74) is 3.29. The summed E-state index contributed by atoms with van der Waals surface area (Å²) in [6.07, 6.45) is 0. The van der Waals surface area contributed by atoms with E-state index in [2.05, 4.69) is 10.6 Å². The van der Waals surface area contributed by atoms with Gasteiger partial charge in [-0.2, -0.15) is 11.8 Å². The van der Waals surface area contributed by atoms with E-state index in [0.29, 0.717) is 27.3 Å². The van der Waals surface area contributed by atoms with Gasteiger partial charge in [0.05, 0.1) is 12.7 Å². The van der Waals surface area contributed by atoms with Crippen LogP contribution >= 0.6 is 47.2 Å². The van der Waals surface area contributed by atoms with Crippen LogP contribution in [0.2, 0.25) is 10.0 Å². The smallest absolute Gasteiger partial charge is 0.337 e. The van der Waals surface area contributed by atoms with Gasteiger partial charge in [-0.3, -0.25) is 0 Å². The first kappa shape index (κ1) is 21.8. The predicted molar refractivity (Wildman–Crippen MR) is 119 cm³/mol. The first-order valence-corrected chi connectivity index (χ1v) is 10.5. The second-order valence-electron chi connectivity index (χ2n) is 5.69. The van der Waals surface area contributed by atoms with E-state index in [4.69, 9.17) is 40.2 Å². The van der Waals surface area contributed by atoms with Gasteiger partial charge in [0, 0.05) is 33.8 Å². The number of rotatable bonds is 7. The summed E-state index contributed by atoms with van der Waals surface area (Å²) in [7, 11) is 1.36. The number of carbonyl (C=O) groups is 1. The van der Waals surface area contributed by atoms with Crippen molar-refractivity contribution < 1.29 is 9.53 Å². The van der Waals surface area contributed by atoms with E-state index in [-0.39, 0.29) is 5.97 Å². The summed E-state index contributed by atoms with van der Waals surface area (Å²) >= 11 is 19.1. The number of benzene rings is 2. The third kappa shape index (κ3) is 6.88. The lowest BCUT2D eigenvalue weighted by Crippen LogP contribution is -2.30. The first-order chi connectivity index (χ1) is 12.9. The minimum absolute atomic E-state index is 0.380. The van der Waals surface area contributed by atoms with Crippen molar-refractivity contribution in [2.45, 2.75) is 12.7 Å². The van der Waals surface area contributed by atoms with Crippen LogP contribution in [-0.2, 0) is 10.5 Å². The van der Waals surface area contributed by atoms with Crippen LogP contribution < -0.4 is 10.6 Å². The first-order valence-electron chi connectivity index (χ1n) is 8.16. The van der Waals surface area contributed by atoms with Crippen LogP contribution in [0.5, 0.6) is 0 Å². The Morgan fingerprint density at radius 3 is 2.70 bits per heavy atom. The highest BCUT2D eigenvalue weighted by Crippen LogP contribution is 2.24. The summed E-state index contributed by atoms with van der Waals surface area (Å²) in [5, 5.41) is 8.11. The topological polar surface area (TPSA) is 50.4 Å². The molecule has 0 aliphatic carbocycles. The van der Waals surface area contributed by atoms with Crippen LogP contribution in [0.15, 0.2) is 36.4 Å². The number of thioether (sulfide) groups is 1. The van der Waals surface area contributed by atoms with Gasteiger partial charge in [0.1, 0.15) is 0 Å². The molecule has 2 rings (SSSR count). The van der Waals surface area contributed by atoms with Gasteiger partial charge >= 0.3 is 5.97 Å². The third-order valence-electron chi connectivity index (χ3n) is 3.71. The molecular formula is C19H20Cl2N2O2S2. The molecule has 8 heteroatoms. The van der Waals surface area contributed by atoms with Gasteiger partial charge < -0.3 is 15.4 Å². The van der Waals surface area contributed by atoms with E-state index in [1.54, 1.807) is 30.0 Å². The molecule has 0 atom stereocenters. The van der Waals surface area contributed by atoms with Gasteiger partial charge in [0.25, 0.3) is 0 Å². The number of hydrogen-bond donors (Lipinski definition) is 2. The molecule has 0 heterocycles. The number of hydrogen-bond acceptors (Lipinski definition) is 4. The highest BCUT2D eigenvalue weighted by molar-refractivity contribution is 7.98. The van der Waals surface area contributed by atoms with Gasteiger partial charge in [-0.15, -0.1) is 0 Å². The lowest BCUT2D eigenvalue weighted by Gasteiger charge is -2.13. The molecular weight excluding hydrogens is 423 g/mol. The van der Waals surface area contributed by atoms with E-state index >= 15 is 0 Å². The Morgan fingerprint density at radius 2 is 2.00 bits per heavy atom. The Bertz CT molecular complexity index is 831. The fraction of sp³-hybridized carbons (Fsp3) is 0.263. The number of halogens is 2. The molecule has 0 saturated heterocycles. The maximum Gasteiger partial charge on any atom is 0.337 e. The van der Waals surface area contributed by atoms with Crippen molar-refractivity contribution in [1.82, 2.24) is 5.32 Å². The average molecular weight is 443 g/mol. The number of nitrogens with one attached hydrogen (secondary N) is 2. The standard InChI is InChI=1S/C19H20Cl2N2O2S2/c1-12-3-4-13(18(24)25-2)9-17(12)23-19(26)22-7-8-27-11-14-5-6-15(20)10-16(14)21/h3-6,9-10H,7-8,11H2,1-2H3,(H2,22,23,26). The molecule has 0 aliphatic rings. The van der Waals surface area contributed by atoms with Crippen LogP contribution in [0, 0.1) is 6.92 Å². The zero-order chi connectivity index (χ0) is 19.8. The Balaban J connectivity index is 1.77. The lowest BCUT2D eigenvalue weighted by molar-refractivity contribution is 0.0601. The molecule has 0 fully saturated rings. The second-order valence-corrected chi connectivity index (χ2v) is 8.05. The highest BCUT2D eigenvalue weighted by atomic mass is 35.5. The fourth-order valence-electron chi connectivity index (χ4n) is 2.23. The molecule has 0 aliphatic heterocycles. The van der Waals surface area contributed by atoms with E-state index in [1.165, 1.54) is 7.11 Å². The lowest BCUT2D eigenvalue weighted by atomic mass is 10.1. The Kier molecular flexibility index (Phi) is 8.70. The number of aryl methyl sites for hydroxylation is 1. The van der Waals surface area contributed by atoms with Crippen molar-refractivity contribution in [1.29, 1.82) is 0 Å². The third-order valence-corrected chi connectivity index (χ3v) is 5.55. The molecule has 0 bridgehead atoms. The van der Waals surface area contributed by atoms with Gasteiger partial charge in [-0.05, 0) is 54.5 Å². The predicted octanol–water partition coefficient (Wildman–Crippen LogP) is 5.31. The molecule has 0 spiro atoms. The van der Waals surface area contributed by atoms with Crippen molar-refractivity contribution in [2.24, 2.45) is 0 Å². The van der Waals surface area contributed by atoms with Crippen molar-refractivity contribution in [3.05, 3.63) is 63.1 Å². The molecule has 0 saturated carbocycles. The number of anilines is 1. The van der Waals surface area contributed by atoms with Crippen molar-refractivity contribution in [2.75, 3.05) is 24.7 Å². The van der Waals surface area contributed by atoms with E-state index in [9.17, 15) is 4.79 Å². The van der Waals surface area contributed by atoms with Crippen LogP contribution in [0.1, 0.15) is 21.5 Å². The number of thiocarbonyl (C=S) groups is 1. The quantitative estimate of drug-likeness (QED) is 0.344. The molecule has 0 aromatic heterocycles. The largest absolute Gasteiger partial charge is 0.465 e. The van der Waals surface area contributed by atoms with Crippen molar-refractivity contribution >= 4 is 64.0 Å². The summed E-state index contributed by atoms with van der Waals surface area (Å²) in [4.78, 5) is 11.6. The van der Waals surface area contributed by atoms with Gasteiger partial charge in [0.2, 0.25) is 0 Å². The molecule has 0 unspecified atom stereocenters. The number of carbonyl (C=O) groups excluding carboxylic acids is 1. The highest BCUT2D eigenvalue weighted by Gasteiger charge is 2.09. The van der Waals surface area contributed by atoms with Crippen LogP contribution in [0.3, 0.4) is 0 Å². The number of methoxy groups -OCH3 is 1. The van der Waals surface area contributed by atoms with Gasteiger partial charge in [0.15, 0.2) is 5.11 Å². The summed E-state index contributed by atoms with van der Waals surface area (Å²) in [6, 6.07) is 10.8. The van der Waals surface area contributed by atoms with Crippen LogP contribution in [0.25, 0.3) is 0 Å². The van der Waals surface area contributed by atoms with Crippen molar-refractivity contribution in [3.8, 4) is 0 Å². The second kappa shape index (κ2) is 10.8. The molecule has 2 aromatic rings. The molecule has 27 heavy (non-hydrogen) atoms. The summed E-state index contributed by atoms with van der Waals surface area (Å²) in [6.45, 7) is 2.65. The van der Waals surface area contributed by atoms with Crippen LogP contribution in [-0.4, -0.2) is 30.5 Å². The Morgan fingerprint density at radius 1 is 1.22 bits per heavy atom. The molecule has 0 radical (unpaired) electrons. The molecule has 144 valence electrons. The summed E-state index contributed by atoms with van der Waals surface area (Å²) in [5.74, 6) is 1.29. The van der Waals surface area contributed by atoms with Crippen LogP contribution in [0.4, 0.5) is 5.69 Å². The van der Waals surface area contributed by atoms with Crippen molar-refractivity contribution in [3.63, 3.8) is 0 Å².